The Bertz CT molecular complexity index is 556. The number of rotatable bonds is 3. The van der Waals surface area contributed by atoms with Crippen molar-refractivity contribution in [1.82, 2.24) is 0 Å². The van der Waals surface area contributed by atoms with Gasteiger partial charge in [0.05, 0.1) is 5.41 Å². The third kappa shape index (κ3) is 2.16. The second-order valence-electron chi connectivity index (χ2n) is 7.69. The molecule has 1 aromatic rings. The Morgan fingerprint density at radius 1 is 1.05 bits per heavy atom. The predicted octanol–water partition coefficient (Wildman–Crippen LogP) is 3.11. The minimum absolute atomic E-state index is 0.0192. The third-order valence-electron chi connectivity index (χ3n) is 6.07. The fraction of sp³-hybridized carbons (Fsp3) is 0.611. The molecule has 0 atom stereocenters. The van der Waals surface area contributed by atoms with Gasteiger partial charge in [0.2, 0.25) is 0 Å². The number of carbonyl (C=O) groups excluding carboxylic acids is 1. The molecule has 0 heterocycles. The Morgan fingerprint density at radius 3 is 2.05 bits per heavy atom. The average Bonchev–Trinajstić information content (AvgIpc) is 2.45. The van der Waals surface area contributed by atoms with Crippen LogP contribution in [0.3, 0.4) is 0 Å². The van der Waals surface area contributed by atoms with Crippen LogP contribution < -0.4 is 11.5 Å². The Morgan fingerprint density at radius 2 is 1.55 bits per heavy atom. The van der Waals surface area contributed by atoms with Crippen LogP contribution in [-0.2, 0) is 16.1 Å². The molecule has 22 heavy (non-hydrogen) atoms. The molecule has 118 valence electrons. The van der Waals surface area contributed by atoms with Gasteiger partial charge >= 0.3 is 5.97 Å². The van der Waals surface area contributed by atoms with Crippen molar-refractivity contribution in [2.45, 2.75) is 45.1 Å². The summed E-state index contributed by atoms with van der Waals surface area (Å²) in [6.45, 7) is 0.194. The average molecular weight is 300 g/mol. The van der Waals surface area contributed by atoms with Gasteiger partial charge in [-0.2, -0.15) is 0 Å². The maximum absolute atomic E-state index is 12.8. The van der Waals surface area contributed by atoms with E-state index in [9.17, 15) is 4.79 Å². The molecule has 4 nitrogen and oxygen atoms in total. The largest absolute Gasteiger partial charge is 0.460 e. The van der Waals surface area contributed by atoms with Crippen molar-refractivity contribution in [2.75, 3.05) is 11.5 Å². The number of hydrogen-bond acceptors (Lipinski definition) is 4. The summed E-state index contributed by atoms with van der Waals surface area (Å²) in [5, 5.41) is 0. The number of anilines is 2. The first-order valence-corrected chi connectivity index (χ1v) is 8.36. The molecule has 4 saturated carbocycles. The number of nitrogen functional groups attached to an aromatic ring is 2. The van der Waals surface area contributed by atoms with E-state index in [0.29, 0.717) is 11.4 Å². The summed E-state index contributed by atoms with van der Waals surface area (Å²) in [5.41, 5.74) is 13.6. The lowest BCUT2D eigenvalue weighted by Gasteiger charge is -2.55. The highest BCUT2D eigenvalue weighted by Crippen LogP contribution is 2.60. The zero-order valence-electron chi connectivity index (χ0n) is 12.9. The molecule has 1 aromatic carbocycles. The van der Waals surface area contributed by atoms with Crippen molar-refractivity contribution in [3.63, 3.8) is 0 Å². The number of benzene rings is 1. The van der Waals surface area contributed by atoms with E-state index < -0.39 is 0 Å². The topological polar surface area (TPSA) is 78.3 Å². The van der Waals surface area contributed by atoms with Crippen molar-refractivity contribution in [1.29, 1.82) is 0 Å². The van der Waals surface area contributed by atoms with Gasteiger partial charge in [-0.1, -0.05) is 6.07 Å². The Kier molecular flexibility index (Phi) is 3.10. The van der Waals surface area contributed by atoms with Crippen molar-refractivity contribution >= 4 is 17.3 Å². The van der Waals surface area contributed by atoms with Crippen LogP contribution >= 0.6 is 0 Å². The molecule has 0 aromatic heterocycles. The first-order chi connectivity index (χ1) is 10.6. The minimum Gasteiger partial charge on any atom is -0.460 e. The summed E-state index contributed by atoms with van der Waals surface area (Å²) < 4.78 is 5.68. The Labute approximate surface area is 131 Å². The highest BCUT2D eigenvalue weighted by molar-refractivity contribution is 5.78. The quantitative estimate of drug-likeness (QED) is 0.664. The van der Waals surface area contributed by atoms with E-state index in [-0.39, 0.29) is 18.0 Å². The Balaban J connectivity index is 1.49. The molecule has 4 N–H and O–H groups in total. The van der Waals surface area contributed by atoms with Gasteiger partial charge in [-0.3, -0.25) is 4.79 Å². The van der Waals surface area contributed by atoms with E-state index in [4.69, 9.17) is 16.2 Å². The first-order valence-electron chi connectivity index (χ1n) is 8.36. The van der Waals surface area contributed by atoms with E-state index in [2.05, 4.69) is 0 Å². The monoisotopic (exact) mass is 300 g/mol. The van der Waals surface area contributed by atoms with Gasteiger partial charge < -0.3 is 16.2 Å². The van der Waals surface area contributed by atoms with Gasteiger partial charge in [-0.25, -0.2) is 0 Å². The lowest BCUT2D eigenvalue weighted by molar-refractivity contribution is -0.172. The SMILES string of the molecule is Nc1cccc(N)c1COC(=O)C12CC3CC(CC(C3)C1)C2. The fourth-order valence-electron chi connectivity index (χ4n) is 5.44. The molecular formula is C18H24N2O2. The van der Waals surface area contributed by atoms with E-state index in [1.165, 1.54) is 19.3 Å². The van der Waals surface area contributed by atoms with E-state index in [0.717, 1.165) is 42.6 Å². The van der Waals surface area contributed by atoms with Crippen LogP contribution in [0.15, 0.2) is 18.2 Å². The normalized spacial score (nSPS) is 35.5. The third-order valence-corrected chi connectivity index (χ3v) is 6.07. The van der Waals surface area contributed by atoms with Gasteiger partial charge in [0.1, 0.15) is 6.61 Å². The number of esters is 1. The van der Waals surface area contributed by atoms with Gasteiger partial charge in [0, 0.05) is 16.9 Å². The maximum Gasteiger partial charge on any atom is 0.312 e. The molecular weight excluding hydrogens is 276 g/mol. The minimum atomic E-state index is -0.215. The van der Waals surface area contributed by atoms with Crippen LogP contribution in [0.5, 0.6) is 0 Å². The van der Waals surface area contributed by atoms with Gasteiger partial charge in [-0.15, -0.1) is 0 Å². The lowest BCUT2D eigenvalue weighted by Crippen LogP contribution is -2.50. The molecule has 5 rings (SSSR count). The van der Waals surface area contributed by atoms with Crippen LogP contribution in [-0.4, -0.2) is 5.97 Å². The molecule has 4 aliphatic carbocycles. The van der Waals surface area contributed by atoms with Crippen LogP contribution in [0.4, 0.5) is 11.4 Å². The van der Waals surface area contributed by atoms with Crippen molar-refractivity contribution in [3.05, 3.63) is 23.8 Å². The number of nitrogens with two attached hydrogens (primary N) is 2. The maximum atomic E-state index is 12.8. The summed E-state index contributed by atoms with van der Waals surface area (Å²) in [6, 6.07) is 5.41. The van der Waals surface area contributed by atoms with Crippen LogP contribution in [0.2, 0.25) is 0 Å². The molecule has 4 fully saturated rings. The molecule has 0 aliphatic heterocycles. The van der Waals surface area contributed by atoms with Gasteiger partial charge in [0.15, 0.2) is 0 Å². The van der Waals surface area contributed by atoms with Crippen molar-refractivity contribution in [3.8, 4) is 0 Å². The number of carbonyl (C=O) groups is 1. The molecule has 0 saturated heterocycles. The van der Waals surface area contributed by atoms with Crippen LogP contribution in [0, 0.1) is 23.2 Å². The number of hydrogen-bond donors (Lipinski definition) is 2. The molecule has 0 unspecified atom stereocenters. The van der Waals surface area contributed by atoms with E-state index >= 15 is 0 Å². The van der Waals surface area contributed by atoms with Gasteiger partial charge in [-0.05, 0) is 68.4 Å². The van der Waals surface area contributed by atoms with E-state index in [1.54, 1.807) is 12.1 Å². The standard InChI is InChI=1S/C18H24N2O2/c19-15-2-1-3-16(20)14(15)10-22-17(21)18-7-11-4-12(8-18)6-13(5-11)9-18/h1-3,11-13H,4-10,19-20H2. The first kappa shape index (κ1) is 13.9. The van der Waals surface area contributed by atoms with Crippen molar-refractivity contribution < 1.29 is 9.53 Å². The van der Waals surface area contributed by atoms with Crippen molar-refractivity contribution in [2.24, 2.45) is 23.2 Å². The zero-order chi connectivity index (χ0) is 15.3. The van der Waals surface area contributed by atoms with Crippen LogP contribution in [0.1, 0.15) is 44.1 Å². The Hall–Kier alpha value is -1.71. The summed E-state index contributed by atoms with van der Waals surface area (Å²) >= 11 is 0. The highest BCUT2D eigenvalue weighted by atomic mass is 16.5. The molecule has 4 bridgehead atoms. The summed E-state index contributed by atoms with van der Waals surface area (Å²) in [4.78, 5) is 12.8. The summed E-state index contributed by atoms with van der Waals surface area (Å²) in [6.07, 6.45) is 7.05. The predicted molar refractivity (Wildman–Crippen MR) is 85.7 cm³/mol. The fourth-order valence-corrected chi connectivity index (χ4v) is 5.44. The van der Waals surface area contributed by atoms with Crippen LogP contribution in [0.25, 0.3) is 0 Å². The molecule has 0 spiro atoms. The second-order valence-corrected chi connectivity index (χ2v) is 7.69. The molecule has 4 heteroatoms. The lowest BCUT2D eigenvalue weighted by atomic mass is 9.49. The highest BCUT2D eigenvalue weighted by Gasteiger charge is 2.55. The number of ether oxygens (including phenoxy) is 1. The molecule has 4 aliphatic rings. The summed E-state index contributed by atoms with van der Waals surface area (Å²) in [7, 11) is 0. The van der Waals surface area contributed by atoms with Gasteiger partial charge in [0.25, 0.3) is 0 Å². The molecule has 0 amide bonds. The zero-order valence-corrected chi connectivity index (χ0v) is 12.9. The molecule has 0 radical (unpaired) electrons. The summed E-state index contributed by atoms with van der Waals surface area (Å²) in [5.74, 6) is 2.20. The van der Waals surface area contributed by atoms with E-state index in [1.807, 2.05) is 6.07 Å². The smallest absolute Gasteiger partial charge is 0.312 e. The second kappa shape index (κ2) is 4.90.